The first-order valence-electron chi connectivity index (χ1n) is 5.81. The van der Waals surface area contributed by atoms with Gasteiger partial charge in [0.25, 0.3) is 5.56 Å². The van der Waals surface area contributed by atoms with Gasteiger partial charge in [0.2, 0.25) is 0 Å². The predicted molar refractivity (Wildman–Crippen MR) is 71.2 cm³/mol. The Kier molecular flexibility index (Phi) is 2.30. The lowest BCUT2D eigenvalue weighted by Crippen LogP contribution is -2.20. The molecule has 0 spiro atoms. The molecule has 0 aliphatic heterocycles. The van der Waals surface area contributed by atoms with E-state index in [0.717, 1.165) is 22.5 Å². The minimum Gasteiger partial charge on any atom is -0.361 e. The Morgan fingerprint density at radius 2 is 1.83 bits per heavy atom. The van der Waals surface area contributed by atoms with Gasteiger partial charge in [-0.05, 0) is 26.0 Å². The molecular weight excluding hydrogens is 226 g/mol. The molecule has 18 heavy (non-hydrogen) atoms. The zero-order valence-electron chi connectivity index (χ0n) is 10.3. The highest BCUT2D eigenvalue weighted by Gasteiger charge is 2.11. The lowest BCUT2D eigenvalue weighted by molar-refractivity contribution is 0.821. The number of hydrogen-bond donors (Lipinski definition) is 1. The Morgan fingerprint density at radius 3 is 2.56 bits per heavy atom. The van der Waals surface area contributed by atoms with E-state index in [9.17, 15) is 4.79 Å². The number of para-hydroxylation sites is 1. The molecule has 0 radical (unpaired) electrons. The van der Waals surface area contributed by atoms with Crippen LogP contribution < -0.4 is 5.56 Å². The summed E-state index contributed by atoms with van der Waals surface area (Å²) < 4.78 is 1.43. The number of nitrogens with one attached hydrogen (secondary N) is 1. The monoisotopic (exact) mass is 239 g/mol. The number of aromatic nitrogens is 3. The van der Waals surface area contributed by atoms with Crippen LogP contribution in [0.15, 0.2) is 41.3 Å². The first-order chi connectivity index (χ1) is 8.68. The number of nitrogens with zero attached hydrogens (tertiary/aromatic N) is 2. The largest absolute Gasteiger partial charge is 0.361 e. The van der Waals surface area contributed by atoms with E-state index in [0.29, 0.717) is 5.39 Å². The Hall–Kier alpha value is -2.36. The maximum atomic E-state index is 12.4. The number of aryl methyl sites for hydroxylation is 2. The summed E-state index contributed by atoms with van der Waals surface area (Å²) in [5.74, 6) is 0. The van der Waals surface area contributed by atoms with Gasteiger partial charge in [-0.25, -0.2) is 0 Å². The molecule has 2 aromatic heterocycles. The highest BCUT2D eigenvalue weighted by molar-refractivity contribution is 5.86. The van der Waals surface area contributed by atoms with Crippen LogP contribution in [0.5, 0.6) is 0 Å². The third kappa shape index (κ3) is 1.46. The van der Waals surface area contributed by atoms with E-state index >= 15 is 0 Å². The number of H-pyrrole nitrogens is 1. The van der Waals surface area contributed by atoms with Gasteiger partial charge in [-0.15, -0.1) is 0 Å². The Bertz CT molecular complexity index is 769. The van der Waals surface area contributed by atoms with Crippen molar-refractivity contribution in [3.63, 3.8) is 0 Å². The Morgan fingerprint density at radius 1 is 1.11 bits per heavy atom. The van der Waals surface area contributed by atoms with Crippen LogP contribution in [0.4, 0.5) is 0 Å². The summed E-state index contributed by atoms with van der Waals surface area (Å²) >= 11 is 0. The molecule has 0 amide bonds. The van der Waals surface area contributed by atoms with E-state index in [2.05, 4.69) is 10.1 Å². The fraction of sp³-hybridized carbons (Fsp3) is 0.143. The van der Waals surface area contributed by atoms with Crippen molar-refractivity contribution in [1.82, 2.24) is 14.8 Å². The fourth-order valence-electron chi connectivity index (χ4n) is 2.26. The third-order valence-corrected chi connectivity index (χ3v) is 3.13. The molecule has 0 unspecified atom stereocenters. The van der Waals surface area contributed by atoms with Crippen molar-refractivity contribution in [2.45, 2.75) is 13.8 Å². The fourth-order valence-corrected chi connectivity index (χ4v) is 2.26. The van der Waals surface area contributed by atoms with Crippen LogP contribution in [0.1, 0.15) is 11.4 Å². The second-order valence-electron chi connectivity index (χ2n) is 4.36. The molecule has 0 fully saturated rings. The molecule has 0 bridgehead atoms. The second kappa shape index (κ2) is 3.84. The van der Waals surface area contributed by atoms with Gasteiger partial charge < -0.3 is 4.98 Å². The van der Waals surface area contributed by atoms with Gasteiger partial charge in [0.05, 0.1) is 17.3 Å². The van der Waals surface area contributed by atoms with Crippen LogP contribution in [0.2, 0.25) is 0 Å². The van der Waals surface area contributed by atoms with Crippen molar-refractivity contribution in [3.8, 4) is 5.69 Å². The van der Waals surface area contributed by atoms with Gasteiger partial charge >= 0.3 is 0 Å². The van der Waals surface area contributed by atoms with Crippen LogP contribution in [0.3, 0.4) is 0 Å². The summed E-state index contributed by atoms with van der Waals surface area (Å²) in [5, 5.41) is 5.84. The van der Waals surface area contributed by atoms with Crippen LogP contribution >= 0.6 is 0 Å². The van der Waals surface area contributed by atoms with Crippen molar-refractivity contribution < 1.29 is 0 Å². The summed E-state index contributed by atoms with van der Waals surface area (Å²) in [7, 11) is 0. The molecule has 0 saturated carbocycles. The highest BCUT2D eigenvalue weighted by atomic mass is 16.1. The van der Waals surface area contributed by atoms with E-state index in [-0.39, 0.29) is 5.56 Å². The summed E-state index contributed by atoms with van der Waals surface area (Å²) in [6.07, 6.45) is 1.74. The molecule has 3 aromatic rings. The molecule has 4 nitrogen and oxygen atoms in total. The van der Waals surface area contributed by atoms with Crippen molar-refractivity contribution in [3.05, 3.63) is 58.3 Å². The Balaban J connectivity index is 2.37. The zero-order chi connectivity index (χ0) is 12.7. The zero-order valence-corrected chi connectivity index (χ0v) is 10.3. The van der Waals surface area contributed by atoms with E-state index in [1.807, 2.05) is 44.2 Å². The average molecular weight is 239 g/mol. The molecule has 90 valence electrons. The maximum Gasteiger partial charge on any atom is 0.281 e. The van der Waals surface area contributed by atoms with Gasteiger partial charge in [0, 0.05) is 16.8 Å². The molecule has 0 aliphatic rings. The minimum atomic E-state index is -0.0828. The number of benzene rings is 1. The predicted octanol–water partition coefficient (Wildman–Crippen LogP) is 2.33. The molecule has 0 aliphatic carbocycles. The molecule has 3 rings (SSSR count). The van der Waals surface area contributed by atoms with Crippen LogP contribution in [0.25, 0.3) is 16.5 Å². The summed E-state index contributed by atoms with van der Waals surface area (Å²) in [5.41, 5.74) is 2.56. The molecule has 4 heteroatoms. The van der Waals surface area contributed by atoms with Gasteiger partial charge in [-0.1, -0.05) is 18.2 Å². The maximum absolute atomic E-state index is 12.4. The van der Waals surface area contributed by atoms with E-state index < -0.39 is 0 Å². The van der Waals surface area contributed by atoms with E-state index in [1.54, 1.807) is 6.20 Å². The first-order valence-corrected chi connectivity index (χ1v) is 5.81. The quantitative estimate of drug-likeness (QED) is 0.708. The lowest BCUT2D eigenvalue weighted by Gasteiger charge is -2.04. The average Bonchev–Trinajstić information content (AvgIpc) is 2.67. The van der Waals surface area contributed by atoms with E-state index in [4.69, 9.17) is 0 Å². The first kappa shape index (κ1) is 10.8. The molecular formula is C14H13N3O. The number of rotatable bonds is 1. The summed E-state index contributed by atoms with van der Waals surface area (Å²) in [6, 6.07) is 9.44. The van der Waals surface area contributed by atoms with Crippen LogP contribution in [-0.4, -0.2) is 14.8 Å². The topological polar surface area (TPSA) is 50.7 Å². The second-order valence-corrected chi connectivity index (χ2v) is 4.36. The standard InChI is InChI=1S/C14H13N3O/c1-9-12-8-15-17(11-6-4-3-5-7-11)14(18)13(12)10(2)16-9/h3-8,16H,1-2H3. The molecule has 1 N–H and O–H groups in total. The number of aromatic amines is 1. The van der Waals surface area contributed by atoms with Gasteiger partial charge in [0.1, 0.15) is 0 Å². The van der Waals surface area contributed by atoms with Gasteiger partial charge in [-0.2, -0.15) is 9.78 Å². The smallest absolute Gasteiger partial charge is 0.281 e. The highest BCUT2D eigenvalue weighted by Crippen LogP contribution is 2.17. The molecule has 1 aromatic carbocycles. The minimum absolute atomic E-state index is 0.0828. The van der Waals surface area contributed by atoms with Crippen LogP contribution in [0, 0.1) is 13.8 Å². The van der Waals surface area contributed by atoms with Gasteiger partial charge in [-0.3, -0.25) is 4.79 Å². The molecule has 0 atom stereocenters. The SMILES string of the molecule is Cc1[nH]c(C)c2c(=O)n(-c3ccccc3)ncc12. The summed E-state index contributed by atoms with van der Waals surface area (Å²) in [4.78, 5) is 15.6. The number of fused-ring (bicyclic) bond motifs is 1. The van der Waals surface area contributed by atoms with Crippen molar-refractivity contribution in [2.24, 2.45) is 0 Å². The molecule has 2 heterocycles. The van der Waals surface area contributed by atoms with Crippen LogP contribution in [-0.2, 0) is 0 Å². The number of hydrogen-bond acceptors (Lipinski definition) is 2. The van der Waals surface area contributed by atoms with Gasteiger partial charge in [0.15, 0.2) is 0 Å². The van der Waals surface area contributed by atoms with Crippen molar-refractivity contribution in [1.29, 1.82) is 0 Å². The lowest BCUT2D eigenvalue weighted by atomic mass is 10.2. The van der Waals surface area contributed by atoms with Crippen molar-refractivity contribution in [2.75, 3.05) is 0 Å². The van der Waals surface area contributed by atoms with E-state index in [1.165, 1.54) is 4.68 Å². The Labute approximate surface area is 104 Å². The molecule has 0 saturated heterocycles. The normalized spacial score (nSPS) is 11.0. The third-order valence-electron chi connectivity index (χ3n) is 3.13. The van der Waals surface area contributed by atoms with Crippen molar-refractivity contribution >= 4 is 10.8 Å². The summed E-state index contributed by atoms with van der Waals surface area (Å²) in [6.45, 7) is 3.86.